The molecule has 2 aromatic carbocycles. The highest BCUT2D eigenvalue weighted by Gasteiger charge is 2.08. The third kappa shape index (κ3) is 5.15. The Labute approximate surface area is 165 Å². The predicted molar refractivity (Wildman–Crippen MR) is 110 cm³/mol. The molecule has 1 aromatic heterocycles. The van der Waals surface area contributed by atoms with Crippen molar-refractivity contribution >= 4 is 47.7 Å². The Hall–Kier alpha value is -1.72. The summed E-state index contributed by atoms with van der Waals surface area (Å²) in [5.74, 6) is 6.16. The largest absolute Gasteiger partial charge is 0.270 e. The average molecular weight is 450 g/mol. The third-order valence-electron chi connectivity index (χ3n) is 3.57. The molecule has 7 heteroatoms. The first kappa shape index (κ1) is 19.1. The van der Waals surface area contributed by atoms with E-state index in [0.717, 1.165) is 37.6 Å². The zero-order valence-corrected chi connectivity index (χ0v) is 17.2. The van der Waals surface area contributed by atoms with Crippen LogP contribution in [-0.2, 0) is 14.3 Å². The smallest absolute Gasteiger partial charge is 0.264 e. The molecule has 1 heterocycles. The van der Waals surface area contributed by atoms with Crippen molar-refractivity contribution < 1.29 is 12.6 Å². The number of halogens is 1. The minimum absolute atomic E-state index is 0.165. The summed E-state index contributed by atoms with van der Waals surface area (Å²) in [6, 6.07) is 14.2. The maximum absolute atomic E-state index is 10.9. The molecule has 0 N–H and O–H groups in total. The lowest BCUT2D eigenvalue weighted by atomic mass is 10.1. The van der Waals surface area contributed by atoms with E-state index >= 15 is 0 Å². The Kier molecular flexibility index (Phi) is 6.09. The number of benzene rings is 2. The van der Waals surface area contributed by atoms with Crippen LogP contribution in [0.25, 0.3) is 21.3 Å². The predicted octanol–water partition coefficient (Wildman–Crippen LogP) is 4.83. The van der Waals surface area contributed by atoms with E-state index in [2.05, 4.69) is 36.3 Å². The number of hydrogen-bond acceptors (Lipinski definition) is 5. The molecule has 0 unspecified atom stereocenters. The maximum Gasteiger partial charge on any atom is 0.264 e. The van der Waals surface area contributed by atoms with Gasteiger partial charge in [0, 0.05) is 27.4 Å². The monoisotopic (exact) mass is 449 g/mol. The summed E-state index contributed by atoms with van der Waals surface area (Å²) in [4.78, 5) is 0. The van der Waals surface area contributed by atoms with Gasteiger partial charge in [-0.15, -0.1) is 0 Å². The van der Waals surface area contributed by atoms with Gasteiger partial charge in [0.15, 0.2) is 0 Å². The van der Waals surface area contributed by atoms with Crippen LogP contribution in [0.15, 0.2) is 46.9 Å². The minimum Gasteiger partial charge on any atom is -0.270 e. The Bertz CT molecular complexity index is 1080. The third-order valence-corrected chi connectivity index (χ3v) is 5.50. The molecule has 134 valence electrons. The van der Waals surface area contributed by atoms with Crippen LogP contribution in [-0.4, -0.2) is 25.7 Å². The first-order valence-corrected chi connectivity index (χ1v) is 11.3. The number of unbranched alkanes of at least 4 members (excludes halogenated alkanes) is 1. The van der Waals surface area contributed by atoms with Crippen LogP contribution in [0.3, 0.4) is 0 Å². The molecule has 0 spiro atoms. The van der Waals surface area contributed by atoms with Gasteiger partial charge in [-0.25, -0.2) is 0 Å². The Morgan fingerprint density at radius 1 is 1.19 bits per heavy atom. The highest BCUT2D eigenvalue weighted by Crippen LogP contribution is 2.31. The lowest BCUT2D eigenvalue weighted by molar-refractivity contribution is 0.317. The molecule has 0 saturated carbocycles. The molecule has 0 aliphatic carbocycles. The van der Waals surface area contributed by atoms with Crippen LogP contribution in [0, 0.1) is 11.8 Å². The van der Waals surface area contributed by atoms with Crippen molar-refractivity contribution in [1.82, 2.24) is 4.37 Å². The van der Waals surface area contributed by atoms with E-state index < -0.39 is 10.1 Å². The Morgan fingerprint density at radius 3 is 2.69 bits per heavy atom. The normalized spacial score (nSPS) is 11.3. The summed E-state index contributed by atoms with van der Waals surface area (Å²) < 4.78 is 33.1. The van der Waals surface area contributed by atoms with Gasteiger partial charge in [0.1, 0.15) is 0 Å². The molecule has 0 radical (unpaired) electrons. The molecular formula is C19H16BrNO3S2. The highest BCUT2D eigenvalue weighted by atomic mass is 79.9. The lowest BCUT2D eigenvalue weighted by Gasteiger charge is -1.99. The van der Waals surface area contributed by atoms with Gasteiger partial charge in [0.2, 0.25) is 0 Å². The van der Waals surface area contributed by atoms with Gasteiger partial charge >= 0.3 is 0 Å². The van der Waals surface area contributed by atoms with Gasteiger partial charge in [-0.2, -0.15) is 12.8 Å². The molecule has 0 saturated heterocycles. The summed E-state index contributed by atoms with van der Waals surface area (Å²) in [5.41, 5.74) is 2.99. The van der Waals surface area contributed by atoms with E-state index in [1.807, 2.05) is 42.5 Å². The molecule has 0 atom stereocenters. The van der Waals surface area contributed by atoms with Gasteiger partial charge < -0.3 is 0 Å². The number of rotatable bonds is 5. The molecule has 0 aliphatic heterocycles. The standard InChI is InChI=1S/C19H16BrNO3S2/c1-26(22,23)24-12-4-2-3-5-14-6-11-17-18(13-14)25-21-19(17)15-7-9-16(20)10-8-15/h6-11,13H,2,4,12H2,1H3. The van der Waals surface area contributed by atoms with Crippen molar-refractivity contribution in [2.45, 2.75) is 12.8 Å². The molecule has 0 amide bonds. The van der Waals surface area contributed by atoms with E-state index in [0.29, 0.717) is 12.8 Å². The van der Waals surface area contributed by atoms with Crippen molar-refractivity contribution in [3.05, 3.63) is 52.5 Å². The minimum atomic E-state index is -3.37. The number of fused-ring (bicyclic) bond motifs is 1. The van der Waals surface area contributed by atoms with Crippen LogP contribution in [0.4, 0.5) is 0 Å². The van der Waals surface area contributed by atoms with Crippen molar-refractivity contribution in [1.29, 1.82) is 0 Å². The number of hydrogen-bond donors (Lipinski definition) is 0. The van der Waals surface area contributed by atoms with Crippen molar-refractivity contribution in [3.63, 3.8) is 0 Å². The highest BCUT2D eigenvalue weighted by molar-refractivity contribution is 9.10. The summed E-state index contributed by atoms with van der Waals surface area (Å²) in [7, 11) is -3.37. The fourth-order valence-corrected chi connectivity index (χ4v) is 3.89. The first-order valence-electron chi connectivity index (χ1n) is 7.91. The van der Waals surface area contributed by atoms with Gasteiger partial charge in [-0.05, 0) is 42.2 Å². The van der Waals surface area contributed by atoms with E-state index in [4.69, 9.17) is 0 Å². The molecule has 0 bridgehead atoms. The SMILES string of the molecule is CS(=O)(=O)OCCCC#Cc1ccc2c(-c3ccc(Br)cc3)nsc2c1. The zero-order chi connectivity index (χ0) is 18.6. The Morgan fingerprint density at radius 2 is 1.96 bits per heavy atom. The molecule has 0 aliphatic rings. The van der Waals surface area contributed by atoms with Gasteiger partial charge in [0.25, 0.3) is 10.1 Å². The molecular weight excluding hydrogens is 434 g/mol. The first-order chi connectivity index (χ1) is 12.4. The van der Waals surface area contributed by atoms with Crippen molar-refractivity contribution in [2.24, 2.45) is 0 Å². The second-order valence-electron chi connectivity index (χ2n) is 5.68. The van der Waals surface area contributed by atoms with E-state index in [9.17, 15) is 8.42 Å². The summed E-state index contributed by atoms with van der Waals surface area (Å²) in [6.45, 7) is 0.165. The fourth-order valence-electron chi connectivity index (χ4n) is 2.37. The Balaban J connectivity index is 1.69. The molecule has 26 heavy (non-hydrogen) atoms. The average Bonchev–Trinajstić information content (AvgIpc) is 3.01. The van der Waals surface area contributed by atoms with Crippen LogP contribution in [0.1, 0.15) is 18.4 Å². The van der Waals surface area contributed by atoms with Crippen molar-refractivity contribution in [2.75, 3.05) is 12.9 Å². The number of nitrogens with zero attached hydrogens (tertiary/aromatic N) is 1. The van der Waals surface area contributed by atoms with Crippen LogP contribution >= 0.6 is 27.5 Å². The molecule has 3 rings (SSSR count). The second kappa shape index (κ2) is 8.31. The summed E-state index contributed by atoms with van der Waals surface area (Å²) in [5, 5.41) is 1.12. The second-order valence-corrected chi connectivity index (χ2v) is 9.05. The van der Waals surface area contributed by atoms with Gasteiger partial charge in [-0.3, -0.25) is 4.18 Å². The topological polar surface area (TPSA) is 56.3 Å². The van der Waals surface area contributed by atoms with Crippen LogP contribution < -0.4 is 0 Å². The zero-order valence-electron chi connectivity index (χ0n) is 14.0. The van der Waals surface area contributed by atoms with Gasteiger partial charge in [0.05, 0.1) is 23.3 Å². The summed E-state index contributed by atoms with van der Waals surface area (Å²) >= 11 is 4.91. The molecule has 3 aromatic rings. The summed E-state index contributed by atoms with van der Waals surface area (Å²) in [6.07, 6.45) is 2.21. The fraction of sp³-hybridized carbons (Fsp3) is 0.211. The van der Waals surface area contributed by atoms with E-state index in [1.54, 1.807) is 0 Å². The molecule has 0 fully saturated rings. The molecule has 4 nitrogen and oxygen atoms in total. The maximum atomic E-state index is 10.9. The van der Waals surface area contributed by atoms with E-state index in [-0.39, 0.29) is 6.61 Å². The van der Waals surface area contributed by atoms with Crippen LogP contribution in [0.2, 0.25) is 0 Å². The van der Waals surface area contributed by atoms with Crippen LogP contribution in [0.5, 0.6) is 0 Å². The van der Waals surface area contributed by atoms with Gasteiger partial charge in [-0.1, -0.05) is 46.0 Å². The number of aromatic nitrogens is 1. The van der Waals surface area contributed by atoms with E-state index in [1.165, 1.54) is 11.5 Å². The lowest BCUT2D eigenvalue weighted by Crippen LogP contribution is -2.03. The quantitative estimate of drug-likeness (QED) is 0.317. The van der Waals surface area contributed by atoms with Crippen molar-refractivity contribution in [3.8, 4) is 23.1 Å².